The quantitative estimate of drug-likeness (QED) is 0.798. The van der Waals surface area contributed by atoms with E-state index in [1.54, 1.807) is 6.92 Å². The third-order valence-corrected chi connectivity index (χ3v) is 3.15. The number of benzene rings is 1. The van der Waals surface area contributed by atoms with Crippen LogP contribution in [0.4, 0.5) is 10.1 Å². The number of hydrogen-bond donors (Lipinski definition) is 2. The highest BCUT2D eigenvalue weighted by atomic mass is 19.1. The van der Waals surface area contributed by atoms with Gasteiger partial charge in [0.15, 0.2) is 0 Å². The predicted octanol–water partition coefficient (Wildman–Crippen LogP) is 0.765. The predicted molar refractivity (Wildman–Crippen MR) is 67.9 cm³/mol. The Morgan fingerprint density at radius 3 is 2.80 bits per heavy atom. The number of carboxylic acid groups (broad SMARTS) is 1. The lowest BCUT2D eigenvalue weighted by Crippen LogP contribution is -2.58. The monoisotopic (exact) mass is 280 g/mol. The van der Waals surface area contributed by atoms with E-state index in [-0.39, 0.29) is 17.8 Å². The zero-order valence-corrected chi connectivity index (χ0v) is 10.7. The van der Waals surface area contributed by atoms with Gasteiger partial charge in [-0.3, -0.25) is 14.9 Å². The molecule has 6 nitrogen and oxygen atoms in total. The minimum absolute atomic E-state index is 0.227. The summed E-state index contributed by atoms with van der Waals surface area (Å²) in [5.41, 5.74) is -0.499. The molecule has 1 aliphatic rings. The third-order valence-electron chi connectivity index (χ3n) is 3.15. The summed E-state index contributed by atoms with van der Waals surface area (Å²) in [6.07, 6.45) is 0.326. The van der Waals surface area contributed by atoms with Crippen molar-refractivity contribution in [2.24, 2.45) is 0 Å². The smallest absolute Gasteiger partial charge is 0.337 e. The zero-order valence-electron chi connectivity index (χ0n) is 10.7. The number of amides is 2. The van der Waals surface area contributed by atoms with E-state index in [0.717, 1.165) is 6.07 Å². The van der Waals surface area contributed by atoms with Crippen molar-refractivity contribution in [2.75, 3.05) is 11.4 Å². The molecule has 1 aliphatic heterocycles. The van der Waals surface area contributed by atoms with Crippen LogP contribution in [0.5, 0.6) is 0 Å². The molecule has 0 aliphatic carbocycles. The Morgan fingerprint density at radius 2 is 2.20 bits per heavy atom. The van der Waals surface area contributed by atoms with Crippen LogP contribution in [0.15, 0.2) is 18.2 Å². The summed E-state index contributed by atoms with van der Waals surface area (Å²) < 4.78 is 14.0. The molecule has 0 bridgehead atoms. The summed E-state index contributed by atoms with van der Waals surface area (Å²) in [6, 6.07) is 2.84. The summed E-state index contributed by atoms with van der Waals surface area (Å²) in [6.45, 7) is 1.44. The molecule has 1 fully saturated rings. The topological polar surface area (TPSA) is 86.7 Å². The van der Waals surface area contributed by atoms with Crippen molar-refractivity contribution < 1.29 is 23.9 Å². The van der Waals surface area contributed by atoms with Gasteiger partial charge >= 0.3 is 5.97 Å². The van der Waals surface area contributed by atoms with Crippen LogP contribution in [0.3, 0.4) is 0 Å². The SMILES string of the molecule is CCC1C(=O)NC(=O)CN1c1c(F)cccc1C(=O)O. The first kappa shape index (κ1) is 14.0. The fraction of sp³-hybridized carbons (Fsp3) is 0.308. The van der Waals surface area contributed by atoms with Crippen LogP contribution >= 0.6 is 0 Å². The van der Waals surface area contributed by atoms with Gasteiger partial charge in [0, 0.05) is 0 Å². The number of nitrogens with one attached hydrogen (secondary N) is 1. The van der Waals surface area contributed by atoms with Gasteiger partial charge in [-0.2, -0.15) is 0 Å². The minimum Gasteiger partial charge on any atom is -0.478 e. The Morgan fingerprint density at radius 1 is 1.50 bits per heavy atom. The lowest BCUT2D eigenvalue weighted by atomic mass is 10.0. The third kappa shape index (κ3) is 2.34. The minimum atomic E-state index is -1.31. The first-order valence-corrected chi connectivity index (χ1v) is 6.07. The van der Waals surface area contributed by atoms with E-state index in [0.29, 0.717) is 6.42 Å². The molecular weight excluding hydrogens is 267 g/mol. The van der Waals surface area contributed by atoms with Gasteiger partial charge in [0.2, 0.25) is 11.8 Å². The van der Waals surface area contributed by atoms with E-state index < -0.39 is 29.6 Å². The molecule has 1 aromatic rings. The number of para-hydroxylation sites is 1. The molecule has 1 atom stereocenters. The van der Waals surface area contributed by atoms with Crippen molar-refractivity contribution in [1.82, 2.24) is 5.32 Å². The molecule has 2 N–H and O–H groups in total. The normalized spacial score (nSPS) is 18.9. The molecule has 1 heterocycles. The van der Waals surface area contributed by atoms with Crippen molar-refractivity contribution >= 4 is 23.5 Å². The van der Waals surface area contributed by atoms with E-state index in [2.05, 4.69) is 5.32 Å². The molecule has 2 rings (SSSR count). The highest BCUT2D eigenvalue weighted by Gasteiger charge is 2.35. The molecule has 0 aromatic heterocycles. The van der Waals surface area contributed by atoms with Crippen LogP contribution in [0.1, 0.15) is 23.7 Å². The van der Waals surface area contributed by atoms with Gasteiger partial charge in [0.05, 0.1) is 17.8 Å². The standard InChI is InChI=1S/C13H13FN2O4/c1-2-9-12(18)15-10(17)6-16(9)11-7(13(19)20)4-3-5-8(11)14/h3-5,9H,2,6H2,1H3,(H,19,20)(H,15,17,18). The molecule has 0 spiro atoms. The number of hydrogen-bond acceptors (Lipinski definition) is 4. The van der Waals surface area contributed by atoms with Crippen LogP contribution in [-0.2, 0) is 9.59 Å². The Balaban J connectivity index is 2.55. The van der Waals surface area contributed by atoms with Gasteiger partial charge in [-0.25, -0.2) is 9.18 Å². The number of nitrogens with zero attached hydrogens (tertiary/aromatic N) is 1. The summed E-state index contributed by atoms with van der Waals surface area (Å²) in [5, 5.41) is 11.3. The molecule has 106 valence electrons. The second-order valence-electron chi connectivity index (χ2n) is 4.41. The molecule has 2 amide bonds. The maximum Gasteiger partial charge on any atom is 0.337 e. The first-order chi connectivity index (χ1) is 9.45. The number of carbonyl (C=O) groups excluding carboxylic acids is 2. The molecule has 20 heavy (non-hydrogen) atoms. The molecular formula is C13H13FN2O4. The van der Waals surface area contributed by atoms with Crippen molar-refractivity contribution in [3.05, 3.63) is 29.6 Å². The summed E-state index contributed by atoms with van der Waals surface area (Å²) >= 11 is 0. The van der Waals surface area contributed by atoms with Crippen LogP contribution in [0.2, 0.25) is 0 Å². The van der Waals surface area contributed by atoms with E-state index in [9.17, 15) is 18.8 Å². The number of piperazine rings is 1. The fourth-order valence-corrected chi connectivity index (χ4v) is 2.29. The number of rotatable bonds is 3. The van der Waals surface area contributed by atoms with E-state index in [1.165, 1.54) is 17.0 Å². The Labute approximate surface area is 114 Å². The molecule has 1 aromatic carbocycles. The average molecular weight is 280 g/mol. The number of carboxylic acids is 1. The van der Waals surface area contributed by atoms with Gasteiger partial charge in [-0.15, -0.1) is 0 Å². The van der Waals surface area contributed by atoms with Crippen molar-refractivity contribution in [3.8, 4) is 0 Å². The van der Waals surface area contributed by atoms with Gasteiger partial charge in [0.25, 0.3) is 0 Å². The van der Waals surface area contributed by atoms with Crippen LogP contribution < -0.4 is 10.2 Å². The van der Waals surface area contributed by atoms with Gasteiger partial charge in [-0.1, -0.05) is 13.0 Å². The summed E-state index contributed by atoms with van der Waals surface area (Å²) in [5.74, 6) is -3.22. The number of halogens is 1. The number of carbonyl (C=O) groups is 3. The van der Waals surface area contributed by atoms with E-state index in [1.807, 2.05) is 0 Å². The van der Waals surface area contributed by atoms with E-state index in [4.69, 9.17) is 5.11 Å². The first-order valence-electron chi connectivity index (χ1n) is 6.07. The number of aromatic carboxylic acids is 1. The highest BCUT2D eigenvalue weighted by molar-refractivity contribution is 6.06. The fourth-order valence-electron chi connectivity index (χ4n) is 2.29. The molecule has 0 radical (unpaired) electrons. The Bertz CT molecular complexity index is 588. The summed E-state index contributed by atoms with van der Waals surface area (Å²) in [7, 11) is 0. The molecule has 1 saturated heterocycles. The van der Waals surface area contributed by atoms with Gasteiger partial charge in [-0.05, 0) is 18.6 Å². The van der Waals surface area contributed by atoms with Crippen LogP contribution in [0, 0.1) is 5.82 Å². The van der Waals surface area contributed by atoms with Gasteiger partial charge in [0.1, 0.15) is 11.9 Å². The second-order valence-corrected chi connectivity index (χ2v) is 4.41. The average Bonchev–Trinajstić information content (AvgIpc) is 2.37. The molecule has 0 saturated carbocycles. The largest absolute Gasteiger partial charge is 0.478 e. The second kappa shape index (κ2) is 5.28. The lowest BCUT2D eigenvalue weighted by molar-refractivity contribution is -0.132. The Hall–Kier alpha value is -2.44. The van der Waals surface area contributed by atoms with Crippen LogP contribution in [0.25, 0.3) is 0 Å². The van der Waals surface area contributed by atoms with Crippen molar-refractivity contribution in [3.63, 3.8) is 0 Å². The lowest BCUT2D eigenvalue weighted by Gasteiger charge is -2.35. The highest BCUT2D eigenvalue weighted by Crippen LogP contribution is 2.28. The summed E-state index contributed by atoms with van der Waals surface area (Å²) in [4.78, 5) is 35.6. The molecule has 7 heteroatoms. The molecule has 1 unspecified atom stereocenters. The maximum atomic E-state index is 14.0. The number of anilines is 1. The van der Waals surface area contributed by atoms with Crippen molar-refractivity contribution in [2.45, 2.75) is 19.4 Å². The van der Waals surface area contributed by atoms with Crippen LogP contribution in [-0.4, -0.2) is 35.5 Å². The number of imide groups is 1. The van der Waals surface area contributed by atoms with Gasteiger partial charge < -0.3 is 10.0 Å². The van der Waals surface area contributed by atoms with E-state index >= 15 is 0 Å². The maximum absolute atomic E-state index is 14.0. The Kier molecular flexibility index (Phi) is 3.69. The zero-order chi connectivity index (χ0) is 14.9. The van der Waals surface area contributed by atoms with Crippen molar-refractivity contribution in [1.29, 1.82) is 0 Å².